The summed E-state index contributed by atoms with van der Waals surface area (Å²) in [6, 6.07) is 21.3. The van der Waals surface area contributed by atoms with Crippen LogP contribution in [0.4, 0.5) is 28.8 Å². The van der Waals surface area contributed by atoms with Gasteiger partial charge in [-0.3, -0.25) is 0 Å². The smallest absolute Gasteiger partial charge is 0.408 e. The van der Waals surface area contributed by atoms with Gasteiger partial charge in [-0.1, -0.05) is 60.2 Å². The zero-order valence-corrected chi connectivity index (χ0v) is 73.9. The van der Waals surface area contributed by atoms with Crippen molar-refractivity contribution in [3.05, 3.63) is 97.0 Å². The summed E-state index contributed by atoms with van der Waals surface area (Å²) in [7, 11) is 0. The zero-order valence-electron chi connectivity index (χ0n) is 68.6. The predicted octanol–water partition coefficient (Wildman–Crippen LogP) is 15.1. The number of terminal acetylenes is 1. The minimum atomic E-state index is -0.568. The Morgan fingerprint density at radius 2 is 0.769 bits per heavy atom. The fourth-order valence-electron chi connectivity index (χ4n) is 6.79. The van der Waals surface area contributed by atoms with Crippen LogP contribution in [-0.4, -0.2) is 178 Å². The van der Waals surface area contributed by atoms with Crippen molar-refractivity contribution in [3.63, 3.8) is 0 Å². The molecule has 0 saturated heterocycles. The molecule has 108 heavy (non-hydrogen) atoms. The van der Waals surface area contributed by atoms with Gasteiger partial charge in [0.1, 0.15) is 75.5 Å². The van der Waals surface area contributed by atoms with Crippen LogP contribution in [0.15, 0.2) is 82.3 Å². The second-order valence-corrected chi connectivity index (χ2v) is 34.3. The van der Waals surface area contributed by atoms with Crippen molar-refractivity contribution >= 4 is 97.3 Å². The van der Waals surface area contributed by atoms with Crippen LogP contribution in [-0.2, 0) is 39.6 Å². The molecule has 3 aromatic carbocycles. The van der Waals surface area contributed by atoms with Crippen LogP contribution in [0.1, 0.15) is 204 Å². The van der Waals surface area contributed by atoms with Crippen molar-refractivity contribution in [3.8, 4) is 41.4 Å². The summed E-state index contributed by atoms with van der Waals surface area (Å²) in [4.78, 5) is 77.7. The summed E-state index contributed by atoms with van der Waals surface area (Å²) in [5.74, 6) is 10.5. The summed E-state index contributed by atoms with van der Waals surface area (Å²) in [5, 5.41) is 51.0. The third kappa shape index (κ3) is 68.0. The van der Waals surface area contributed by atoms with Gasteiger partial charge in [-0.25, -0.2) is 28.8 Å². The molecule has 0 fully saturated rings. The van der Waals surface area contributed by atoms with E-state index in [1.807, 2.05) is 142 Å². The molecule has 0 unspecified atom stereocenters. The molecule has 614 valence electrons. The monoisotopic (exact) mass is 1760 g/mol. The number of para-hydroxylation sites is 3. The number of aliphatic hydroxyl groups is 4. The molecule has 3 rings (SSSR count). The van der Waals surface area contributed by atoms with Gasteiger partial charge in [-0.15, -0.1) is 6.42 Å². The highest BCUT2D eigenvalue weighted by Crippen LogP contribution is 2.24. The number of halogens is 3. The van der Waals surface area contributed by atoms with Crippen LogP contribution < -0.4 is 46.1 Å². The van der Waals surface area contributed by atoms with E-state index in [-0.39, 0.29) is 74.9 Å². The van der Waals surface area contributed by atoms with Gasteiger partial charge in [-0.05, 0) is 296 Å². The minimum absolute atomic E-state index is 0.00632. The number of rotatable bonds is 21. The molecule has 3 aromatic rings. The van der Waals surface area contributed by atoms with Crippen molar-refractivity contribution in [1.82, 2.24) is 31.9 Å². The first kappa shape index (κ1) is 107. The number of amides is 6. The molecule has 0 saturated carbocycles. The molecule has 0 aromatic heterocycles. The van der Waals surface area contributed by atoms with Gasteiger partial charge in [-0.2, -0.15) is 0 Å². The second kappa shape index (κ2) is 55.2. The molecule has 6 amide bonds. The van der Waals surface area contributed by atoms with E-state index in [4.69, 9.17) is 69.5 Å². The molecule has 0 spiro atoms. The number of hydrogen-bond donors (Lipinski definition) is 10. The molecule has 0 heterocycles. The van der Waals surface area contributed by atoms with E-state index >= 15 is 0 Å². The number of aryl methyl sites for hydroxylation is 1. The van der Waals surface area contributed by atoms with E-state index in [0.29, 0.717) is 17.6 Å². The second-order valence-electron chi connectivity index (χ2n) is 30.3. The van der Waals surface area contributed by atoms with Crippen LogP contribution in [0.3, 0.4) is 0 Å². The minimum Gasteiger partial charge on any atom is -0.488 e. The van der Waals surface area contributed by atoms with E-state index in [1.165, 1.54) is 0 Å². The Kier molecular flexibility index (Phi) is 54.7. The molecule has 0 aliphatic heterocycles. The van der Waals surface area contributed by atoms with Crippen molar-refractivity contribution < 1.29 is 96.6 Å². The Labute approximate surface area is 674 Å². The Hall–Kier alpha value is -7.26. The van der Waals surface area contributed by atoms with Gasteiger partial charge in [0, 0.05) is 12.1 Å². The molecule has 10 N–H and O–H groups in total. The van der Waals surface area contributed by atoms with Gasteiger partial charge < -0.3 is 99.8 Å². The van der Waals surface area contributed by atoms with Crippen LogP contribution in [0.5, 0.6) is 17.2 Å². The Bertz CT molecular complexity index is 3230. The number of hydrogen-bond acceptors (Lipinski definition) is 20. The lowest BCUT2D eigenvalue weighted by atomic mass is 10.1. The molecule has 0 aliphatic carbocycles. The van der Waals surface area contributed by atoms with E-state index in [1.54, 1.807) is 124 Å². The van der Waals surface area contributed by atoms with Gasteiger partial charge in [0.05, 0.1) is 63.1 Å². The lowest BCUT2D eigenvalue weighted by Gasteiger charge is -2.22. The number of nitrogens with one attached hydrogen (secondary N) is 6. The maximum absolute atomic E-state index is 11.7. The molecule has 26 nitrogen and oxygen atoms in total. The lowest BCUT2D eigenvalue weighted by molar-refractivity contribution is -0.109. The van der Waals surface area contributed by atoms with Crippen LogP contribution in [0, 0.1) is 27.8 Å². The van der Waals surface area contributed by atoms with Gasteiger partial charge in [0.25, 0.3) is 0 Å². The quantitative estimate of drug-likeness (QED) is 0.0205. The summed E-state index contributed by atoms with van der Waals surface area (Å²) in [6.07, 6.45) is 5.51. The fourth-order valence-corrected chi connectivity index (χ4v) is 8.10. The number of carbonyl (C=O) groups is 7. The summed E-state index contributed by atoms with van der Waals surface area (Å²) in [6.45, 7) is 48.3. The van der Waals surface area contributed by atoms with E-state index in [2.05, 4.69) is 104 Å². The lowest BCUT2D eigenvalue weighted by Crippen LogP contribution is -2.39. The third-order valence-electron chi connectivity index (χ3n) is 11.3. The van der Waals surface area contributed by atoms with Crippen LogP contribution in [0.2, 0.25) is 0 Å². The van der Waals surface area contributed by atoms with E-state index < -0.39 is 76.2 Å². The van der Waals surface area contributed by atoms with Gasteiger partial charge in [0.2, 0.25) is 0 Å². The van der Waals surface area contributed by atoms with Crippen molar-refractivity contribution in [2.45, 2.75) is 288 Å². The SMILES string of the molecule is C#C[C@H](C)NC(=O)OC(C)(C)C.C[C@@H](C=C(Br)Br)NC(=O)OC(C)(C)C.C[C@@H](C=O)NC(=O)OC(C)(C)C.C[C@@H](CO)NC(=O)OC(C)(C)C.C[C@H](CO)Oc1ccccc1C#C[C@H](C)NC(=O)OC(C)(C)C.C[C@H](CO)Oc1ccccc1CC[C@H](C)NC(=O)OC(C)(C)C.C[C@H](CO)Oc1ccccc1I. The van der Waals surface area contributed by atoms with Crippen molar-refractivity contribution in [2.75, 3.05) is 26.4 Å². The Balaban J connectivity index is -0.000000597. The van der Waals surface area contributed by atoms with E-state index in [0.717, 1.165) is 36.9 Å². The average Bonchev–Trinajstić information content (AvgIpc) is 0.880. The first-order valence-corrected chi connectivity index (χ1v) is 37.9. The zero-order chi connectivity index (χ0) is 84.6. The molecule has 29 heteroatoms. The number of aliphatic hydroxyl groups excluding tert-OH is 4. The highest BCUT2D eigenvalue weighted by Gasteiger charge is 2.23. The van der Waals surface area contributed by atoms with Crippen LogP contribution >= 0.6 is 54.5 Å². The normalized spacial score (nSPS) is 13.3. The molecule has 0 aliphatic rings. The van der Waals surface area contributed by atoms with E-state index in [9.17, 15) is 33.6 Å². The number of benzene rings is 3. The van der Waals surface area contributed by atoms with Gasteiger partial charge >= 0.3 is 36.6 Å². The Morgan fingerprint density at radius 1 is 0.444 bits per heavy atom. The molecular weight excluding hydrogens is 1640 g/mol. The standard InChI is InChI=1S/C18H29NO4.C18H25NO4.C9H15Br2NO2.C9H11IO2.C9H15NO2.C8H17NO3.C8H15NO3/c2*1-13(19-17(21)23-18(3,4)5)10-11-15-8-6-7-9-16(15)22-14(2)12-20;1-6(5-7(10)11)12-8(13)14-9(2,3)4;1-7(6-11)12-9-5-3-2-4-8(9)10;1-6-7(2)10-8(11)12-9(3,4)5;2*1-6(5-10)9-7(11)12-8(2,3)4/h6-9,13-14,20H,10-12H2,1-5H3,(H,19,21);6-9,13-14,20H,12H2,1-5H3,(H,19,21);5-6H,1-4H3,(H,12,13);2-5,7,11H,6H2,1H3;1,7H,2-5H3,(H,10,11);6,10H,5H2,1-4H3,(H,9,11);5-6H,1-4H3,(H,9,11)/t2*13-,14+;6-;2*7-;2*6-/m0001000/s1. The van der Waals surface area contributed by atoms with Gasteiger partial charge in [0.15, 0.2) is 0 Å². The molecule has 0 radical (unpaired) electrons. The maximum Gasteiger partial charge on any atom is 0.408 e. The number of ether oxygens (including phenoxy) is 9. The van der Waals surface area contributed by atoms with Crippen molar-refractivity contribution in [1.29, 1.82) is 0 Å². The summed E-state index contributed by atoms with van der Waals surface area (Å²) >= 11 is 8.63. The molecule has 9 atom stereocenters. The Morgan fingerprint density at radius 3 is 1.14 bits per heavy atom. The fraction of sp³-hybridized carbons (Fsp3) is 0.608. The highest BCUT2D eigenvalue weighted by molar-refractivity contribution is 14.1. The summed E-state index contributed by atoms with van der Waals surface area (Å²) < 4.78 is 48.9. The average molecular weight is 1770 g/mol. The first-order chi connectivity index (χ1) is 49.4. The number of carbonyl (C=O) groups excluding carboxylic acids is 7. The highest BCUT2D eigenvalue weighted by atomic mass is 127. The first-order valence-electron chi connectivity index (χ1n) is 35.2. The molecule has 0 bridgehead atoms. The topological polar surface area (TPSA) is 356 Å². The predicted molar refractivity (Wildman–Crippen MR) is 440 cm³/mol. The maximum atomic E-state index is 11.7. The third-order valence-corrected chi connectivity index (χ3v) is 12.7. The number of aldehydes is 1. The summed E-state index contributed by atoms with van der Waals surface area (Å²) in [5.41, 5.74) is -1.22. The van der Waals surface area contributed by atoms with Crippen molar-refractivity contribution in [2.24, 2.45) is 0 Å². The molecular formula is C79H127Br2IN6O20. The largest absolute Gasteiger partial charge is 0.488 e. The number of alkyl carbamates (subject to hydrolysis) is 6. The van der Waals surface area contributed by atoms with Crippen LogP contribution in [0.25, 0.3) is 0 Å².